The molecule has 1 saturated heterocycles. The van der Waals surface area contributed by atoms with Crippen molar-refractivity contribution in [3.05, 3.63) is 42.7 Å². The SMILES string of the molecule is CNS(=O)(=O)c1cnccc1N1CCN(c2ccccc2OC)CC1. The van der Waals surface area contributed by atoms with Crippen LogP contribution in [0.5, 0.6) is 5.75 Å². The Kier molecular flexibility index (Phi) is 5.10. The zero-order valence-electron chi connectivity index (χ0n) is 14.3. The summed E-state index contributed by atoms with van der Waals surface area (Å²) in [4.78, 5) is 8.51. The van der Waals surface area contributed by atoms with Crippen LogP contribution in [0.15, 0.2) is 47.6 Å². The highest BCUT2D eigenvalue weighted by molar-refractivity contribution is 7.89. The summed E-state index contributed by atoms with van der Waals surface area (Å²) in [7, 11) is -0.466. The molecule has 0 unspecified atom stereocenters. The van der Waals surface area contributed by atoms with Crippen LogP contribution in [0.1, 0.15) is 0 Å². The van der Waals surface area contributed by atoms with E-state index in [0.29, 0.717) is 18.8 Å². The highest BCUT2D eigenvalue weighted by Crippen LogP contribution is 2.30. The average Bonchev–Trinajstić information content (AvgIpc) is 2.68. The fourth-order valence-corrected chi connectivity index (χ4v) is 3.92. The number of nitrogens with one attached hydrogen (secondary N) is 1. The topological polar surface area (TPSA) is 74.8 Å². The van der Waals surface area contributed by atoms with E-state index in [1.54, 1.807) is 19.4 Å². The van der Waals surface area contributed by atoms with Crippen LogP contribution in [0.3, 0.4) is 0 Å². The normalized spacial score (nSPS) is 15.3. The van der Waals surface area contributed by atoms with E-state index >= 15 is 0 Å². The van der Waals surface area contributed by atoms with Crippen LogP contribution < -0.4 is 19.3 Å². The Balaban J connectivity index is 1.80. The number of hydrogen-bond acceptors (Lipinski definition) is 6. The van der Waals surface area contributed by atoms with Gasteiger partial charge >= 0.3 is 0 Å². The Morgan fingerprint density at radius 3 is 2.32 bits per heavy atom. The first kappa shape index (κ1) is 17.5. The molecule has 1 aliphatic rings. The summed E-state index contributed by atoms with van der Waals surface area (Å²) in [5.74, 6) is 0.846. The monoisotopic (exact) mass is 362 g/mol. The number of sulfonamides is 1. The fourth-order valence-electron chi connectivity index (χ4n) is 3.03. The highest BCUT2D eigenvalue weighted by atomic mass is 32.2. The van der Waals surface area contributed by atoms with E-state index in [1.165, 1.54) is 13.2 Å². The number of rotatable bonds is 5. The molecule has 3 rings (SSSR count). The predicted molar refractivity (Wildman–Crippen MR) is 97.9 cm³/mol. The zero-order chi connectivity index (χ0) is 17.9. The minimum Gasteiger partial charge on any atom is -0.495 e. The van der Waals surface area contributed by atoms with Gasteiger partial charge in [-0.1, -0.05) is 12.1 Å². The van der Waals surface area contributed by atoms with Crippen LogP contribution in [0.4, 0.5) is 11.4 Å². The van der Waals surface area contributed by atoms with Crippen LogP contribution in [0, 0.1) is 0 Å². The van der Waals surface area contributed by atoms with Crippen molar-refractivity contribution in [3.63, 3.8) is 0 Å². The summed E-state index contributed by atoms with van der Waals surface area (Å²) in [6, 6.07) is 9.68. The lowest BCUT2D eigenvalue weighted by molar-refractivity contribution is 0.413. The van der Waals surface area contributed by atoms with Gasteiger partial charge in [-0.15, -0.1) is 0 Å². The Labute approximate surface area is 148 Å². The molecule has 0 spiro atoms. The number of hydrogen-bond donors (Lipinski definition) is 1. The molecule has 25 heavy (non-hydrogen) atoms. The number of pyridine rings is 1. The third kappa shape index (κ3) is 3.54. The lowest BCUT2D eigenvalue weighted by atomic mass is 10.2. The van der Waals surface area contributed by atoms with Gasteiger partial charge in [0.15, 0.2) is 0 Å². The van der Waals surface area contributed by atoms with Crippen LogP contribution in [0.2, 0.25) is 0 Å². The van der Waals surface area contributed by atoms with Crippen molar-refractivity contribution >= 4 is 21.4 Å². The maximum absolute atomic E-state index is 12.2. The zero-order valence-corrected chi connectivity index (χ0v) is 15.2. The lowest BCUT2D eigenvalue weighted by Crippen LogP contribution is -2.47. The van der Waals surface area contributed by atoms with Crippen LogP contribution in [-0.2, 0) is 10.0 Å². The molecule has 1 fully saturated rings. The number of piperazine rings is 1. The Hall–Kier alpha value is -2.32. The number of para-hydroxylation sites is 2. The second-order valence-corrected chi connectivity index (χ2v) is 7.55. The van der Waals surface area contributed by atoms with Gasteiger partial charge in [0.25, 0.3) is 0 Å². The Bertz CT molecular complexity index is 833. The van der Waals surface area contributed by atoms with Crippen molar-refractivity contribution in [3.8, 4) is 5.75 Å². The molecule has 1 aromatic heterocycles. The van der Waals surface area contributed by atoms with Gasteiger partial charge in [-0.25, -0.2) is 13.1 Å². The second kappa shape index (κ2) is 7.28. The van der Waals surface area contributed by atoms with Gasteiger partial charge in [0.2, 0.25) is 10.0 Å². The molecule has 2 aromatic rings. The number of anilines is 2. The van der Waals surface area contributed by atoms with Gasteiger partial charge in [0.05, 0.1) is 18.5 Å². The predicted octanol–water partition coefficient (Wildman–Crippen LogP) is 1.32. The average molecular weight is 362 g/mol. The van der Waals surface area contributed by atoms with Gasteiger partial charge < -0.3 is 14.5 Å². The maximum Gasteiger partial charge on any atom is 0.243 e. The molecule has 0 aliphatic carbocycles. The van der Waals surface area contributed by atoms with E-state index in [4.69, 9.17) is 4.74 Å². The summed E-state index contributed by atoms with van der Waals surface area (Å²) in [6.45, 7) is 2.99. The molecular formula is C17H22N4O3S. The Morgan fingerprint density at radius 2 is 1.68 bits per heavy atom. The highest BCUT2D eigenvalue weighted by Gasteiger charge is 2.25. The largest absolute Gasteiger partial charge is 0.495 e. The van der Waals surface area contributed by atoms with E-state index in [2.05, 4.69) is 19.5 Å². The van der Waals surface area contributed by atoms with E-state index in [1.807, 2.05) is 24.3 Å². The van der Waals surface area contributed by atoms with Gasteiger partial charge in [-0.2, -0.15) is 0 Å². The van der Waals surface area contributed by atoms with E-state index < -0.39 is 10.0 Å². The van der Waals surface area contributed by atoms with Gasteiger partial charge in [0.1, 0.15) is 10.6 Å². The third-order valence-electron chi connectivity index (χ3n) is 4.37. The van der Waals surface area contributed by atoms with Crippen molar-refractivity contribution in [2.24, 2.45) is 0 Å². The minimum absolute atomic E-state index is 0.211. The molecule has 7 nitrogen and oxygen atoms in total. The first-order chi connectivity index (χ1) is 12.1. The van der Waals surface area contributed by atoms with Crippen molar-refractivity contribution in [1.29, 1.82) is 0 Å². The van der Waals surface area contributed by atoms with E-state index in [9.17, 15) is 8.42 Å². The molecule has 134 valence electrons. The Morgan fingerprint density at radius 1 is 1.04 bits per heavy atom. The summed E-state index contributed by atoms with van der Waals surface area (Å²) in [5, 5.41) is 0. The van der Waals surface area contributed by atoms with Gasteiger partial charge in [-0.05, 0) is 25.2 Å². The first-order valence-corrected chi connectivity index (χ1v) is 9.55. The van der Waals surface area contributed by atoms with Crippen LogP contribution in [-0.4, -0.2) is 53.7 Å². The van der Waals surface area contributed by atoms with Crippen molar-refractivity contribution in [2.45, 2.75) is 4.90 Å². The van der Waals surface area contributed by atoms with Crippen molar-refractivity contribution in [1.82, 2.24) is 9.71 Å². The number of benzene rings is 1. The molecule has 1 N–H and O–H groups in total. The van der Waals surface area contributed by atoms with Crippen LogP contribution in [0.25, 0.3) is 0 Å². The third-order valence-corrected chi connectivity index (χ3v) is 5.80. The summed E-state index contributed by atoms with van der Waals surface area (Å²) in [5.41, 5.74) is 1.74. The van der Waals surface area contributed by atoms with Gasteiger partial charge in [0, 0.05) is 38.6 Å². The minimum atomic E-state index is -3.54. The number of nitrogens with zero attached hydrogens (tertiary/aromatic N) is 3. The summed E-state index contributed by atoms with van der Waals surface area (Å²) >= 11 is 0. The number of ether oxygens (including phenoxy) is 1. The number of aromatic nitrogens is 1. The standard InChI is InChI=1S/C17H22N4O3S/c1-18-25(22,23)17-13-19-8-7-15(17)21-11-9-20(10-12-21)14-5-3-4-6-16(14)24-2/h3-8,13,18H,9-12H2,1-2H3. The fraction of sp³-hybridized carbons (Fsp3) is 0.353. The van der Waals surface area contributed by atoms with Crippen LogP contribution >= 0.6 is 0 Å². The molecule has 2 heterocycles. The molecule has 0 atom stereocenters. The maximum atomic E-state index is 12.2. The molecule has 0 saturated carbocycles. The molecule has 1 aromatic carbocycles. The first-order valence-electron chi connectivity index (χ1n) is 8.07. The van der Waals surface area contributed by atoms with E-state index in [-0.39, 0.29) is 4.90 Å². The second-order valence-electron chi connectivity index (χ2n) is 5.70. The molecule has 8 heteroatoms. The smallest absolute Gasteiger partial charge is 0.243 e. The van der Waals surface area contributed by atoms with Crippen molar-refractivity contribution < 1.29 is 13.2 Å². The molecule has 0 bridgehead atoms. The molecule has 0 amide bonds. The summed E-state index contributed by atoms with van der Waals surface area (Å²) in [6.07, 6.45) is 3.02. The molecule has 0 radical (unpaired) electrons. The molecular weight excluding hydrogens is 340 g/mol. The lowest BCUT2D eigenvalue weighted by Gasteiger charge is -2.38. The molecule has 1 aliphatic heterocycles. The van der Waals surface area contributed by atoms with Gasteiger partial charge in [-0.3, -0.25) is 4.98 Å². The quantitative estimate of drug-likeness (QED) is 0.865. The number of methoxy groups -OCH3 is 1. The van der Waals surface area contributed by atoms with Crippen molar-refractivity contribution in [2.75, 3.05) is 50.1 Å². The summed E-state index contributed by atoms with van der Waals surface area (Å²) < 4.78 is 32.3. The van der Waals surface area contributed by atoms with E-state index in [0.717, 1.165) is 24.5 Å².